The second-order valence-electron chi connectivity index (χ2n) is 6.75. The molecule has 0 aliphatic carbocycles. The minimum absolute atomic E-state index is 0.213. The Kier molecular flexibility index (Phi) is 4.60. The van der Waals surface area contributed by atoms with Gasteiger partial charge in [0.25, 0.3) is 0 Å². The van der Waals surface area contributed by atoms with Crippen molar-refractivity contribution in [3.63, 3.8) is 0 Å². The maximum atomic E-state index is 10.6. The van der Waals surface area contributed by atoms with Gasteiger partial charge in [-0.1, -0.05) is 48.5 Å². The van der Waals surface area contributed by atoms with Crippen molar-refractivity contribution in [2.75, 3.05) is 0 Å². The molecule has 150 valence electrons. The van der Waals surface area contributed by atoms with Crippen molar-refractivity contribution in [3.8, 4) is 67.9 Å². The van der Waals surface area contributed by atoms with Crippen molar-refractivity contribution in [3.05, 3.63) is 72.8 Å². The van der Waals surface area contributed by atoms with E-state index in [9.17, 15) is 30.6 Å². The van der Waals surface area contributed by atoms with Crippen LogP contribution in [0.15, 0.2) is 72.8 Å². The minimum Gasteiger partial charge on any atom is -0.504 e. The molecule has 0 radical (unpaired) electrons. The summed E-state index contributed by atoms with van der Waals surface area (Å²) in [6.07, 6.45) is 0. The predicted octanol–water partition coefficient (Wildman–Crippen LogP) is 4.92. The molecule has 6 nitrogen and oxygen atoms in total. The highest BCUT2D eigenvalue weighted by Crippen LogP contribution is 2.51. The second-order valence-corrected chi connectivity index (χ2v) is 6.75. The Morgan fingerprint density at radius 3 is 1.53 bits per heavy atom. The van der Waals surface area contributed by atoms with Crippen LogP contribution in [0.4, 0.5) is 0 Å². The molecule has 0 fully saturated rings. The highest BCUT2D eigenvalue weighted by Gasteiger charge is 2.22. The molecule has 30 heavy (non-hydrogen) atoms. The van der Waals surface area contributed by atoms with Crippen LogP contribution in [-0.2, 0) is 0 Å². The van der Waals surface area contributed by atoms with Gasteiger partial charge in [0.15, 0.2) is 23.0 Å². The lowest BCUT2D eigenvalue weighted by molar-refractivity contribution is 0.368. The molecule has 0 aliphatic rings. The van der Waals surface area contributed by atoms with Gasteiger partial charge in [-0.05, 0) is 41.0 Å². The molecule has 6 N–H and O–H groups in total. The number of benzene rings is 4. The third-order valence-electron chi connectivity index (χ3n) is 4.97. The van der Waals surface area contributed by atoms with Crippen molar-refractivity contribution in [1.82, 2.24) is 0 Å². The van der Waals surface area contributed by atoms with Crippen LogP contribution >= 0.6 is 0 Å². The molecule has 0 aliphatic heterocycles. The summed E-state index contributed by atoms with van der Waals surface area (Å²) in [7, 11) is 0. The van der Waals surface area contributed by atoms with Gasteiger partial charge >= 0.3 is 0 Å². The van der Waals surface area contributed by atoms with E-state index in [1.54, 1.807) is 12.1 Å². The van der Waals surface area contributed by atoms with Crippen LogP contribution in [0, 0.1) is 0 Å². The van der Waals surface area contributed by atoms with Crippen LogP contribution in [0.5, 0.6) is 34.5 Å². The van der Waals surface area contributed by atoms with E-state index in [1.165, 1.54) is 24.3 Å². The van der Waals surface area contributed by atoms with Gasteiger partial charge < -0.3 is 30.6 Å². The van der Waals surface area contributed by atoms with Crippen LogP contribution in [0.2, 0.25) is 0 Å². The van der Waals surface area contributed by atoms with Crippen molar-refractivity contribution in [1.29, 1.82) is 0 Å². The zero-order chi connectivity index (χ0) is 21.4. The maximum absolute atomic E-state index is 10.6. The predicted molar refractivity (Wildman–Crippen MR) is 113 cm³/mol. The van der Waals surface area contributed by atoms with Crippen molar-refractivity contribution in [2.24, 2.45) is 0 Å². The summed E-state index contributed by atoms with van der Waals surface area (Å²) in [5, 5.41) is 60.6. The number of phenols is 6. The Balaban J connectivity index is 2.11. The smallest absolute Gasteiger partial charge is 0.200 e. The lowest BCUT2D eigenvalue weighted by atomic mass is 9.86. The molecule has 0 saturated heterocycles. The van der Waals surface area contributed by atoms with Gasteiger partial charge in [0.1, 0.15) is 0 Å². The first-order valence-electron chi connectivity index (χ1n) is 9.07. The average Bonchev–Trinajstić information content (AvgIpc) is 2.76. The topological polar surface area (TPSA) is 121 Å². The monoisotopic (exact) mass is 402 g/mol. The van der Waals surface area contributed by atoms with Crippen molar-refractivity contribution >= 4 is 0 Å². The molecule has 0 spiro atoms. The van der Waals surface area contributed by atoms with Crippen molar-refractivity contribution < 1.29 is 30.6 Å². The SMILES string of the molecule is Oc1ccc(-c2cccc(-c3ccccc3)c2-c2ccc(O)c(O)c2O)c(O)c1O. The molecule has 4 rings (SSSR count). The van der Waals surface area contributed by atoms with Crippen LogP contribution in [0.3, 0.4) is 0 Å². The van der Waals surface area contributed by atoms with E-state index in [0.29, 0.717) is 16.7 Å². The lowest BCUT2D eigenvalue weighted by Gasteiger charge is -2.19. The fourth-order valence-electron chi connectivity index (χ4n) is 3.48. The van der Waals surface area contributed by atoms with E-state index < -0.39 is 34.5 Å². The van der Waals surface area contributed by atoms with Gasteiger partial charge in [0.05, 0.1) is 0 Å². The van der Waals surface area contributed by atoms with Crippen LogP contribution < -0.4 is 0 Å². The maximum Gasteiger partial charge on any atom is 0.200 e. The molecule has 0 aromatic heterocycles. The molecular weight excluding hydrogens is 384 g/mol. The average molecular weight is 402 g/mol. The largest absolute Gasteiger partial charge is 0.504 e. The van der Waals surface area contributed by atoms with E-state index in [-0.39, 0.29) is 11.1 Å². The standard InChI is InChI=1S/C24H18O6/c25-18-11-9-16(21(27)23(18)29)15-8-4-7-14(13-5-2-1-3-6-13)20(15)17-10-12-19(26)24(30)22(17)28/h1-12,25-30H. The summed E-state index contributed by atoms with van der Waals surface area (Å²) in [6.45, 7) is 0. The second kappa shape index (κ2) is 7.25. The molecular formula is C24H18O6. The van der Waals surface area contributed by atoms with Gasteiger partial charge in [-0.3, -0.25) is 0 Å². The number of phenolic OH excluding ortho intramolecular Hbond substituents is 6. The highest BCUT2D eigenvalue weighted by molar-refractivity contribution is 5.98. The molecule has 0 unspecified atom stereocenters. The van der Waals surface area contributed by atoms with Gasteiger partial charge in [-0.15, -0.1) is 0 Å². The number of aromatic hydroxyl groups is 6. The molecule has 0 amide bonds. The first kappa shape index (κ1) is 19.0. The summed E-state index contributed by atoms with van der Waals surface area (Å²) in [5.41, 5.74) is 2.81. The molecule has 6 heteroatoms. The fourth-order valence-corrected chi connectivity index (χ4v) is 3.48. The summed E-state index contributed by atoms with van der Waals surface area (Å²) in [4.78, 5) is 0. The molecule has 4 aromatic rings. The van der Waals surface area contributed by atoms with E-state index >= 15 is 0 Å². The first-order valence-corrected chi connectivity index (χ1v) is 9.07. The minimum atomic E-state index is -0.668. The van der Waals surface area contributed by atoms with Crippen molar-refractivity contribution in [2.45, 2.75) is 0 Å². The normalized spacial score (nSPS) is 10.8. The quantitative estimate of drug-likeness (QED) is 0.271. The van der Waals surface area contributed by atoms with Crippen LogP contribution in [-0.4, -0.2) is 30.6 Å². The summed E-state index contributed by atoms with van der Waals surface area (Å²) < 4.78 is 0. The van der Waals surface area contributed by atoms with Gasteiger partial charge in [-0.25, -0.2) is 0 Å². The number of hydrogen-bond donors (Lipinski definition) is 6. The van der Waals surface area contributed by atoms with Gasteiger partial charge in [-0.2, -0.15) is 0 Å². The Bertz CT molecular complexity index is 1250. The van der Waals surface area contributed by atoms with Crippen LogP contribution in [0.1, 0.15) is 0 Å². The zero-order valence-electron chi connectivity index (χ0n) is 15.6. The van der Waals surface area contributed by atoms with Gasteiger partial charge in [0.2, 0.25) is 11.5 Å². The molecule has 4 aromatic carbocycles. The summed E-state index contributed by atoms with van der Waals surface area (Å²) >= 11 is 0. The third kappa shape index (κ3) is 3.00. The molecule has 0 bridgehead atoms. The summed E-state index contributed by atoms with van der Waals surface area (Å²) in [5.74, 6) is -3.33. The van der Waals surface area contributed by atoms with E-state index in [0.717, 1.165) is 5.56 Å². The zero-order valence-corrected chi connectivity index (χ0v) is 15.6. The van der Waals surface area contributed by atoms with Gasteiger partial charge in [0, 0.05) is 16.7 Å². The molecule has 0 heterocycles. The van der Waals surface area contributed by atoms with E-state index in [2.05, 4.69) is 0 Å². The summed E-state index contributed by atoms with van der Waals surface area (Å²) in [6, 6.07) is 19.9. The molecule has 0 atom stereocenters. The Morgan fingerprint density at radius 2 is 0.900 bits per heavy atom. The first-order chi connectivity index (χ1) is 14.4. The molecule has 0 saturated carbocycles. The number of hydrogen-bond acceptors (Lipinski definition) is 6. The Labute approximate surface area is 171 Å². The van der Waals surface area contributed by atoms with Crippen LogP contribution in [0.25, 0.3) is 33.4 Å². The van der Waals surface area contributed by atoms with E-state index in [1.807, 2.05) is 36.4 Å². The highest BCUT2D eigenvalue weighted by atomic mass is 16.3. The fraction of sp³-hybridized carbons (Fsp3) is 0. The Morgan fingerprint density at radius 1 is 0.367 bits per heavy atom. The Hall–Kier alpha value is -4.32. The van der Waals surface area contributed by atoms with E-state index in [4.69, 9.17) is 0 Å². The third-order valence-corrected chi connectivity index (χ3v) is 4.97. The number of rotatable bonds is 3. The lowest BCUT2D eigenvalue weighted by Crippen LogP contribution is -1.92.